The fourth-order valence-electron chi connectivity index (χ4n) is 2.44. The van der Waals surface area contributed by atoms with Gasteiger partial charge in [0.1, 0.15) is 5.00 Å². The minimum absolute atomic E-state index is 0.223. The molecule has 0 fully saturated rings. The zero-order chi connectivity index (χ0) is 15.0. The third-order valence-electron chi connectivity index (χ3n) is 3.38. The lowest BCUT2D eigenvalue weighted by atomic mass is 10.1. The number of nitrogens with one attached hydrogen (secondary N) is 1. The van der Waals surface area contributed by atoms with E-state index in [1.807, 2.05) is 0 Å². The predicted molar refractivity (Wildman–Crippen MR) is 77.0 cm³/mol. The first-order valence-electron chi connectivity index (χ1n) is 6.43. The number of aromatic nitrogens is 1. The van der Waals surface area contributed by atoms with Crippen molar-refractivity contribution in [1.82, 2.24) is 4.98 Å². The van der Waals surface area contributed by atoms with Crippen molar-refractivity contribution in [2.75, 3.05) is 5.32 Å². The molecule has 2 aromatic rings. The molecule has 0 unspecified atom stereocenters. The molecule has 0 atom stereocenters. The maximum atomic E-state index is 12.8. The summed E-state index contributed by atoms with van der Waals surface area (Å²) in [7, 11) is 0. The zero-order valence-corrected chi connectivity index (χ0v) is 11.8. The SMILES string of the molecule is NC(=O)c1c(NC(=O)c2ccc(F)nc2)sc2c1CCC2. The lowest BCUT2D eigenvalue weighted by Crippen LogP contribution is -2.18. The number of fused-ring (bicyclic) bond motifs is 1. The van der Waals surface area contributed by atoms with Crippen LogP contribution in [0.5, 0.6) is 0 Å². The Morgan fingerprint density at radius 3 is 2.81 bits per heavy atom. The summed E-state index contributed by atoms with van der Waals surface area (Å²) in [4.78, 5) is 28.3. The van der Waals surface area contributed by atoms with Gasteiger partial charge in [0.25, 0.3) is 11.8 Å². The van der Waals surface area contributed by atoms with Crippen molar-refractivity contribution >= 4 is 28.2 Å². The van der Waals surface area contributed by atoms with Gasteiger partial charge in [-0.2, -0.15) is 4.39 Å². The third-order valence-corrected chi connectivity index (χ3v) is 4.59. The number of anilines is 1. The van der Waals surface area contributed by atoms with Crippen LogP contribution in [0, 0.1) is 5.95 Å². The molecule has 108 valence electrons. The van der Waals surface area contributed by atoms with Crippen molar-refractivity contribution in [3.8, 4) is 0 Å². The quantitative estimate of drug-likeness (QED) is 0.852. The Bertz CT molecular complexity index is 725. The second-order valence-corrected chi connectivity index (χ2v) is 5.85. The number of primary amides is 1. The van der Waals surface area contributed by atoms with Gasteiger partial charge in [0.15, 0.2) is 0 Å². The largest absolute Gasteiger partial charge is 0.365 e. The molecule has 0 aliphatic heterocycles. The van der Waals surface area contributed by atoms with E-state index in [-0.39, 0.29) is 5.56 Å². The van der Waals surface area contributed by atoms with Crippen LogP contribution in [0.3, 0.4) is 0 Å². The molecule has 3 rings (SSSR count). The fourth-order valence-corrected chi connectivity index (χ4v) is 3.73. The van der Waals surface area contributed by atoms with Gasteiger partial charge in [0.2, 0.25) is 5.95 Å². The Hall–Kier alpha value is -2.28. The third kappa shape index (κ3) is 2.52. The number of thiophene rings is 1. The summed E-state index contributed by atoms with van der Waals surface area (Å²) in [5.41, 5.74) is 6.99. The molecule has 5 nitrogen and oxygen atoms in total. The lowest BCUT2D eigenvalue weighted by Gasteiger charge is -2.05. The van der Waals surface area contributed by atoms with E-state index in [9.17, 15) is 14.0 Å². The molecular weight excluding hydrogens is 293 g/mol. The van der Waals surface area contributed by atoms with Crippen LogP contribution < -0.4 is 11.1 Å². The monoisotopic (exact) mass is 305 g/mol. The highest BCUT2D eigenvalue weighted by Gasteiger charge is 2.26. The summed E-state index contributed by atoms with van der Waals surface area (Å²) >= 11 is 1.38. The molecule has 0 aromatic carbocycles. The predicted octanol–water partition coefficient (Wildman–Crippen LogP) is 2.12. The number of nitrogens with zero attached hydrogens (tertiary/aromatic N) is 1. The van der Waals surface area contributed by atoms with Gasteiger partial charge < -0.3 is 11.1 Å². The molecule has 0 radical (unpaired) electrons. The number of carbonyl (C=O) groups is 2. The number of hydrogen-bond acceptors (Lipinski definition) is 4. The Balaban J connectivity index is 1.90. The van der Waals surface area contributed by atoms with Gasteiger partial charge in [0, 0.05) is 11.1 Å². The number of pyridine rings is 1. The highest BCUT2D eigenvalue weighted by molar-refractivity contribution is 7.17. The number of amides is 2. The second-order valence-electron chi connectivity index (χ2n) is 4.75. The van der Waals surface area contributed by atoms with E-state index in [0.29, 0.717) is 10.6 Å². The standard InChI is InChI=1S/C14H12FN3O2S/c15-10-5-4-7(6-17-10)13(20)18-14-11(12(16)19)8-2-1-3-9(8)21-14/h4-6H,1-3H2,(H2,16,19)(H,18,20). The summed E-state index contributed by atoms with van der Waals surface area (Å²) in [6.07, 6.45) is 3.85. The van der Waals surface area contributed by atoms with Gasteiger partial charge in [-0.25, -0.2) is 4.98 Å². The smallest absolute Gasteiger partial charge is 0.257 e. The van der Waals surface area contributed by atoms with Crippen LogP contribution in [0.4, 0.5) is 9.39 Å². The lowest BCUT2D eigenvalue weighted by molar-refractivity contribution is 0.100. The van der Waals surface area contributed by atoms with Crippen molar-refractivity contribution < 1.29 is 14.0 Å². The number of carbonyl (C=O) groups excluding carboxylic acids is 2. The van der Waals surface area contributed by atoms with Crippen LogP contribution >= 0.6 is 11.3 Å². The first kappa shape index (κ1) is 13.7. The minimum Gasteiger partial charge on any atom is -0.365 e. The number of nitrogens with two attached hydrogens (primary N) is 1. The Morgan fingerprint density at radius 2 is 2.14 bits per heavy atom. The molecule has 0 spiro atoms. The van der Waals surface area contributed by atoms with E-state index < -0.39 is 17.8 Å². The summed E-state index contributed by atoms with van der Waals surface area (Å²) in [5, 5.41) is 3.13. The van der Waals surface area contributed by atoms with Crippen LogP contribution in [0.2, 0.25) is 0 Å². The first-order chi connectivity index (χ1) is 10.1. The normalized spacial score (nSPS) is 13.0. The first-order valence-corrected chi connectivity index (χ1v) is 7.25. The number of aryl methyl sites for hydroxylation is 1. The number of hydrogen-bond donors (Lipinski definition) is 2. The Morgan fingerprint density at radius 1 is 1.33 bits per heavy atom. The van der Waals surface area contributed by atoms with Gasteiger partial charge in [-0.15, -0.1) is 11.3 Å². The van der Waals surface area contributed by atoms with E-state index in [4.69, 9.17) is 5.73 Å². The molecule has 2 aromatic heterocycles. The molecule has 0 saturated carbocycles. The highest BCUT2D eigenvalue weighted by atomic mass is 32.1. The van der Waals surface area contributed by atoms with Crippen molar-refractivity contribution in [2.24, 2.45) is 5.73 Å². The van der Waals surface area contributed by atoms with Gasteiger partial charge in [-0.05, 0) is 37.0 Å². The maximum Gasteiger partial charge on any atom is 0.257 e. The van der Waals surface area contributed by atoms with Crippen molar-refractivity contribution in [3.05, 3.63) is 45.8 Å². The highest BCUT2D eigenvalue weighted by Crippen LogP contribution is 2.38. The van der Waals surface area contributed by atoms with E-state index in [1.165, 1.54) is 17.4 Å². The summed E-state index contributed by atoms with van der Waals surface area (Å²) in [6.45, 7) is 0. The molecule has 7 heteroatoms. The van der Waals surface area contributed by atoms with E-state index in [0.717, 1.165) is 42.0 Å². The minimum atomic E-state index is -0.653. The van der Waals surface area contributed by atoms with E-state index in [2.05, 4.69) is 10.3 Å². The summed E-state index contributed by atoms with van der Waals surface area (Å²) in [5.74, 6) is -1.63. The van der Waals surface area contributed by atoms with Gasteiger partial charge >= 0.3 is 0 Å². The molecule has 21 heavy (non-hydrogen) atoms. The maximum absolute atomic E-state index is 12.8. The van der Waals surface area contributed by atoms with Gasteiger partial charge in [0.05, 0.1) is 11.1 Å². The van der Waals surface area contributed by atoms with Crippen LogP contribution in [0.25, 0.3) is 0 Å². The molecule has 1 aliphatic rings. The Kier molecular flexibility index (Phi) is 3.42. The van der Waals surface area contributed by atoms with Crippen LogP contribution in [0.15, 0.2) is 18.3 Å². The molecule has 2 amide bonds. The molecule has 1 aliphatic carbocycles. The van der Waals surface area contributed by atoms with Gasteiger partial charge in [-0.3, -0.25) is 9.59 Å². The average molecular weight is 305 g/mol. The van der Waals surface area contributed by atoms with Crippen molar-refractivity contribution in [3.63, 3.8) is 0 Å². The van der Waals surface area contributed by atoms with Crippen LogP contribution in [0.1, 0.15) is 37.6 Å². The summed E-state index contributed by atoms with van der Waals surface area (Å²) < 4.78 is 12.8. The van der Waals surface area contributed by atoms with E-state index >= 15 is 0 Å². The van der Waals surface area contributed by atoms with Crippen LogP contribution in [-0.2, 0) is 12.8 Å². The van der Waals surface area contributed by atoms with Crippen molar-refractivity contribution in [1.29, 1.82) is 0 Å². The number of rotatable bonds is 3. The molecule has 0 saturated heterocycles. The molecule has 3 N–H and O–H groups in total. The summed E-state index contributed by atoms with van der Waals surface area (Å²) in [6, 6.07) is 2.45. The zero-order valence-electron chi connectivity index (χ0n) is 11.0. The topological polar surface area (TPSA) is 85.1 Å². The van der Waals surface area contributed by atoms with Crippen molar-refractivity contribution in [2.45, 2.75) is 19.3 Å². The molecule has 0 bridgehead atoms. The second kappa shape index (κ2) is 5.25. The average Bonchev–Trinajstić information content (AvgIpc) is 2.98. The molecule has 2 heterocycles. The van der Waals surface area contributed by atoms with Gasteiger partial charge in [-0.1, -0.05) is 0 Å². The van der Waals surface area contributed by atoms with Crippen LogP contribution in [-0.4, -0.2) is 16.8 Å². The Labute approximate surface area is 124 Å². The molecular formula is C14H12FN3O2S. The number of halogens is 1. The fraction of sp³-hybridized carbons (Fsp3) is 0.214. The van der Waals surface area contributed by atoms with E-state index in [1.54, 1.807) is 0 Å².